The predicted octanol–water partition coefficient (Wildman–Crippen LogP) is 5.63. The van der Waals surface area contributed by atoms with Crippen molar-refractivity contribution >= 4 is 6.08 Å². The third-order valence-electron chi connectivity index (χ3n) is 4.24. The lowest BCUT2D eigenvalue weighted by atomic mass is 10.1. The van der Waals surface area contributed by atoms with Gasteiger partial charge in [-0.1, -0.05) is 31.9 Å². The van der Waals surface area contributed by atoms with Crippen LogP contribution in [0.2, 0.25) is 0 Å². The van der Waals surface area contributed by atoms with Crippen molar-refractivity contribution in [2.75, 3.05) is 6.61 Å². The smallest absolute Gasteiger partial charge is 0.159 e. The fourth-order valence-electron chi connectivity index (χ4n) is 2.65. The van der Waals surface area contributed by atoms with Crippen LogP contribution >= 0.6 is 0 Å². The normalized spacial score (nSPS) is 12.5. The van der Waals surface area contributed by atoms with Crippen LogP contribution in [0.3, 0.4) is 0 Å². The lowest BCUT2D eigenvalue weighted by Gasteiger charge is -2.11. The van der Waals surface area contributed by atoms with Crippen molar-refractivity contribution in [1.29, 1.82) is 0 Å². The number of hydrogen-bond donors (Lipinski definition) is 1. The molecule has 0 aliphatic carbocycles. The monoisotopic (exact) mass is 354 g/mol. The number of aromatic nitrogens is 2. The van der Waals surface area contributed by atoms with E-state index in [-0.39, 0.29) is 5.75 Å². The van der Waals surface area contributed by atoms with Crippen LogP contribution in [-0.4, -0.2) is 27.8 Å². The molecule has 1 N–H and O–H groups in total. The van der Waals surface area contributed by atoms with E-state index in [9.17, 15) is 5.11 Å². The molecule has 2 rings (SSSR count). The number of rotatable bonds is 11. The van der Waals surface area contributed by atoms with Crippen molar-refractivity contribution in [3.63, 3.8) is 0 Å². The van der Waals surface area contributed by atoms with Gasteiger partial charge in [0.25, 0.3) is 0 Å². The molecule has 0 aliphatic rings. The van der Waals surface area contributed by atoms with Gasteiger partial charge in [0.1, 0.15) is 5.75 Å². The van der Waals surface area contributed by atoms with Crippen LogP contribution in [0.15, 0.2) is 42.7 Å². The van der Waals surface area contributed by atoms with Crippen LogP contribution in [0, 0.1) is 0 Å². The third-order valence-corrected chi connectivity index (χ3v) is 4.24. The van der Waals surface area contributed by atoms with E-state index >= 15 is 0 Å². The van der Waals surface area contributed by atoms with Crippen LogP contribution in [0.4, 0.5) is 0 Å². The summed E-state index contributed by atoms with van der Waals surface area (Å²) in [5.74, 6) is 0.908. The van der Waals surface area contributed by atoms with Gasteiger partial charge in [-0.05, 0) is 56.9 Å². The van der Waals surface area contributed by atoms with Gasteiger partial charge in [0, 0.05) is 30.1 Å². The molecule has 0 spiro atoms. The highest BCUT2D eigenvalue weighted by Gasteiger charge is 2.02. The van der Waals surface area contributed by atoms with Gasteiger partial charge < -0.3 is 9.84 Å². The van der Waals surface area contributed by atoms with Gasteiger partial charge in [0.05, 0.1) is 6.10 Å². The maximum atomic E-state index is 9.33. The Labute approximate surface area is 157 Å². The second-order valence-corrected chi connectivity index (χ2v) is 6.61. The highest BCUT2D eigenvalue weighted by Crippen LogP contribution is 2.18. The molecule has 1 atom stereocenters. The molecule has 4 heteroatoms. The molecule has 1 unspecified atom stereocenters. The molecule has 1 aromatic heterocycles. The second-order valence-electron chi connectivity index (χ2n) is 6.61. The molecule has 140 valence electrons. The number of ether oxygens (including phenoxy) is 1. The Balaban J connectivity index is 1.69. The number of unbranched alkanes of at least 4 members (excludes halogenated alkanes) is 3. The molecule has 0 bridgehead atoms. The number of nitrogens with zero attached hydrogens (tertiary/aromatic N) is 2. The second kappa shape index (κ2) is 11.4. The van der Waals surface area contributed by atoms with Gasteiger partial charge in [-0.15, -0.1) is 0 Å². The quantitative estimate of drug-likeness (QED) is 0.531. The molecule has 26 heavy (non-hydrogen) atoms. The fraction of sp³-hybridized carbons (Fsp3) is 0.455. The van der Waals surface area contributed by atoms with Crippen molar-refractivity contribution in [2.24, 2.45) is 0 Å². The first-order valence-electron chi connectivity index (χ1n) is 9.58. The number of allylic oxidation sites excluding steroid dienone is 1. The average Bonchev–Trinajstić information content (AvgIpc) is 2.66. The SMILES string of the molecule is CCCCCOC(C)CCCC=Cc1cnc(-c2ccc(O)cc2)nc1. The van der Waals surface area contributed by atoms with Crippen molar-refractivity contribution in [3.05, 3.63) is 48.3 Å². The zero-order chi connectivity index (χ0) is 18.6. The summed E-state index contributed by atoms with van der Waals surface area (Å²) in [5, 5.41) is 9.33. The van der Waals surface area contributed by atoms with Gasteiger partial charge in [0.15, 0.2) is 5.82 Å². The molecule has 0 fully saturated rings. The molecule has 0 saturated carbocycles. The summed E-state index contributed by atoms with van der Waals surface area (Å²) < 4.78 is 5.81. The summed E-state index contributed by atoms with van der Waals surface area (Å²) in [6.45, 7) is 5.25. The number of phenols is 1. The van der Waals surface area contributed by atoms with E-state index in [0.29, 0.717) is 11.9 Å². The molecule has 2 aromatic rings. The highest BCUT2D eigenvalue weighted by atomic mass is 16.5. The number of benzene rings is 1. The van der Waals surface area contributed by atoms with Crippen molar-refractivity contribution < 1.29 is 9.84 Å². The Kier molecular flexibility index (Phi) is 8.84. The van der Waals surface area contributed by atoms with Crippen molar-refractivity contribution in [2.45, 2.75) is 58.5 Å². The van der Waals surface area contributed by atoms with Gasteiger partial charge in [-0.3, -0.25) is 0 Å². The standard InChI is InChI=1S/C22H30N2O2/c1-3-4-8-15-26-18(2)9-6-5-7-10-19-16-23-22(24-17-19)20-11-13-21(25)14-12-20/h7,10-14,16-18,25H,3-6,8-9,15H2,1-2H3. The number of hydrogen-bond acceptors (Lipinski definition) is 4. The van der Waals surface area contributed by atoms with Gasteiger partial charge in [0.2, 0.25) is 0 Å². The maximum Gasteiger partial charge on any atom is 0.159 e. The van der Waals surface area contributed by atoms with Crippen LogP contribution in [0.1, 0.15) is 57.9 Å². The Morgan fingerprint density at radius 1 is 1.08 bits per heavy atom. The summed E-state index contributed by atoms with van der Waals surface area (Å²) in [5.41, 5.74) is 1.89. The lowest BCUT2D eigenvalue weighted by Crippen LogP contribution is -2.08. The summed E-state index contributed by atoms with van der Waals surface area (Å²) in [6, 6.07) is 6.90. The zero-order valence-electron chi connectivity index (χ0n) is 15.9. The Bertz CT molecular complexity index is 651. The molecule has 0 radical (unpaired) electrons. The van der Waals surface area contributed by atoms with E-state index in [0.717, 1.165) is 37.0 Å². The molecule has 0 saturated heterocycles. The fourth-order valence-corrected chi connectivity index (χ4v) is 2.65. The van der Waals surface area contributed by atoms with E-state index in [1.165, 1.54) is 19.3 Å². The van der Waals surface area contributed by atoms with Crippen LogP contribution < -0.4 is 0 Å². The minimum absolute atomic E-state index is 0.244. The summed E-state index contributed by atoms with van der Waals surface area (Å²) in [6.07, 6.45) is 15.1. The molecule has 4 nitrogen and oxygen atoms in total. The average molecular weight is 354 g/mol. The lowest BCUT2D eigenvalue weighted by molar-refractivity contribution is 0.0566. The Morgan fingerprint density at radius 2 is 1.81 bits per heavy atom. The summed E-state index contributed by atoms with van der Waals surface area (Å²) in [7, 11) is 0. The molecular formula is C22H30N2O2. The topological polar surface area (TPSA) is 55.2 Å². The molecular weight excluding hydrogens is 324 g/mol. The first kappa shape index (κ1) is 20.1. The maximum absolute atomic E-state index is 9.33. The Morgan fingerprint density at radius 3 is 2.50 bits per heavy atom. The van der Waals surface area contributed by atoms with E-state index in [4.69, 9.17) is 4.74 Å². The van der Waals surface area contributed by atoms with E-state index in [1.807, 2.05) is 24.5 Å². The van der Waals surface area contributed by atoms with Gasteiger partial charge >= 0.3 is 0 Å². The number of aromatic hydroxyl groups is 1. The first-order valence-corrected chi connectivity index (χ1v) is 9.58. The summed E-state index contributed by atoms with van der Waals surface area (Å²) >= 11 is 0. The zero-order valence-corrected chi connectivity index (χ0v) is 15.9. The van der Waals surface area contributed by atoms with E-state index in [2.05, 4.69) is 36.0 Å². The Hall–Kier alpha value is -2.20. The van der Waals surface area contributed by atoms with Gasteiger partial charge in [-0.2, -0.15) is 0 Å². The molecule has 1 heterocycles. The van der Waals surface area contributed by atoms with E-state index < -0.39 is 0 Å². The third kappa shape index (κ3) is 7.36. The van der Waals surface area contributed by atoms with Crippen molar-refractivity contribution in [3.8, 4) is 17.1 Å². The van der Waals surface area contributed by atoms with E-state index in [1.54, 1.807) is 12.1 Å². The molecule has 0 aliphatic heterocycles. The van der Waals surface area contributed by atoms with Gasteiger partial charge in [-0.25, -0.2) is 9.97 Å². The van der Waals surface area contributed by atoms with Crippen LogP contribution in [-0.2, 0) is 4.74 Å². The molecule has 0 amide bonds. The summed E-state index contributed by atoms with van der Waals surface area (Å²) in [4.78, 5) is 8.78. The van der Waals surface area contributed by atoms with Crippen LogP contribution in [0.5, 0.6) is 5.75 Å². The first-order chi connectivity index (χ1) is 12.7. The minimum atomic E-state index is 0.244. The largest absolute Gasteiger partial charge is 0.508 e. The predicted molar refractivity (Wildman–Crippen MR) is 107 cm³/mol. The molecule has 1 aromatic carbocycles. The highest BCUT2D eigenvalue weighted by molar-refractivity contribution is 5.57. The van der Waals surface area contributed by atoms with Crippen molar-refractivity contribution in [1.82, 2.24) is 9.97 Å². The minimum Gasteiger partial charge on any atom is -0.508 e. The number of phenolic OH excluding ortho intramolecular Hbond substituents is 1. The van der Waals surface area contributed by atoms with Crippen LogP contribution in [0.25, 0.3) is 17.5 Å².